The number of rotatable bonds is 5. The lowest BCUT2D eigenvalue weighted by molar-refractivity contribution is -0.133. The second-order valence-electron chi connectivity index (χ2n) is 4.19. The minimum absolute atomic E-state index is 0.264. The van der Waals surface area contributed by atoms with Crippen molar-refractivity contribution >= 4 is 18.0 Å². The van der Waals surface area contributed by atoms with Crippen LogP contribution in [0.1, 0.15) is 25.8 Å². The molecule has 21 heavy (non-hydrogen) atoms. The molecule has 0 aliphatic carbocycles. The smallest absolute Gasteiger partial charge is 0.331 e. The van der Waals surface area contributed by atoms with Crippen molar-refractivity contribution in [3.8, 4) is 0 Å². The van der Waals surface area contributed by atoms with E-state index in [9.17, 15) is 9.59 Å². The molecule has 0 bridgehead atoms. The Kier molecular flexibility index (Phi) is 8.93. The molecule has 0 aliphatic rings. The highest BCUT2D eigenvalue weighted by atomic mass is 16.4. The molecule has 0 spiro atoms. The highest BCUT2D eigenvalue weighted by Gasteiger charge is 1.96. The van der Waals surface area contributed by atoms with Gasteiger partial charge in [0.15, 0.2) is 0 Å². The van der Waals surface area contributed by atoms with Gasteiger partial charge in [0.1, 0.15) is 0 Å². The summed E-state index contributed by atoms with van der Waals surface area (Å²) in [5.41, 5.74) is 1.65. The number of aliphatic carboxylic acids is 2. The van der Waals surface area contributed by atoms with Crippen molar-refractivity contribution in [2.75, 3.05) is 0 Å². The van der Waals surface area contributed by atoms with E-state index in [4.69, 9.17) is 10.2 Å². The van der Waals surface area contributed by atoms with Gasteiger partial charge in [-0.2, -0.15) is 0 Å². The summed E-state index contributed by atoms with van der Waals surface area (Å²) in [6.45, 7) is 6.60. The molecule has 112 valence electrons. The largest absolute Gasteiger partial charge is 0.478 e. The first-order chi connectivity index (χ1) is 9.88. The van der Waals surface area contributed by atoms with E-state index < -0.39 is 11.9 Å². The molecule has 0 amide bonds. The van der Waals surface area contributed by atoms with Crippen LogP contribution in [-0.2, 0) is 9.59 Å². The zero-order chi connectivity index (χ0) is 16.3. The molecular weight excluding hydrogens is 268 g/mol. The maximum Gasteiger partial charge on any atom is 0.331 e. The number of carbonyl (C=O) groups is 2. The van der Waals surface area contributed by atoms with Gasteiger partial charge in [-0.25, -0.2) is 9.59 Å². The second-order valence-corrected chi connectivity index (χ2v) is 4.19. The molecule has 0 fully saturated rings. The molecule has 4 nitrogen and oxygen atoms in total. The van der Waals surface area contributed by atoms with Crippen LogP contribution in [0.3, 0.4) is 0 Å². The summed E-state index contributed by atoms with van der Waals surface area (Å²) in [5.74, 6) is -1.79. The van der Waals surface area contributed by atoms with Gasteiger partial charge in [-0.1, -0.05) is 62.1 Å². The molecule has 0 saturated heterocycles. The van der Waals surface area contributed by atoms with Crippen LogP contribution in [0.5, 0.6) is 0 Å². The molecule has 0 radical (unpaired) electrons. The van der Waals surface area contributed by atoms with Crippen molar-refractivity contribution in [3.05, 3.63) is 65.8 Å². The lowest BCUT2D eigenvalue weighted by atomic mass is 10.2. The predicted octanol–water partition coefficient (Wildman–Crippen LogP) is 3.77. The summed E-state index contributed by atoms with van der Waals surface area (Å²) in [6.07, 6.45) is 5.70. The van der Waals surface area contributed by atoms with Crippen molar-refractivity contribution in [3.63, 3.8) is 0 Å². The zero-order valence-electron chi connectivity index (χ0n) is 12.2. The number of benzene rings is 1. The van der Waals surface area contributed by atoms with E-state index >= 15 is 0 Å². The van der Waals surface area contributed by atoms with Gasteiger partial charge in [-0.3, -0.25) is 0 Å². The standard InChI is InChI=1S/C12H12O2.C5H8O2/c1-10(12(13)14)6-5-9-11-7-3-2-4-8-11;1-3-4(2)5(6)7/h2-9H,1H3,(H,13,14);2-3H2,1H3,(H,6,7). The Morgan fingerprint density at radius 2 is 1.71 bits per heavy atom. The zero-order valence-corrected chi connectivity index (χ0v) is 12.2. The Morgan fingerprint density at radius 3 is 2.10 bits per heavy atom. The summed E-state index contributed by atoms with van der Waals surface area (Å²) in [7, 11) is 0. The van der Waals surface area contributed by atoms with E-state index in [1.165, 1.54) is 0 Å². The summed E-state index contributed by atoms with van der Waals surface area (Å²) >= 11 is 0. The minimum Gasteiger partial charge on any atom is -0.478 e. The van der Waals surface area contributed by atoms with Crippen LogP contribution in [0.25, 0.3) is 6.08 Å². The molecule has 0 aliphatic heterocycles. The Labute approximate surface area is 124 Å². The van der Waals surface area contributed by atoms with E-state index in [-0.39, 0.29) is 5.57 Å². The molecule has 2 N–H and O–H groups in total. The first kappa shape index (κ1) is 18.4. The van der Waals surface area contributed by atoms with Gasteiger partial charge in [0.05, 0.1) is 0 Å². The predicted molar refractivity (Wildman–Crippen MR) is 83.9 cm³/mol. The molecule has 4 heteroatoms. The van der Waals surface area contributed by atoms with Gasteiger partial charge in [0.2, 0.25) is 0 Å². The minimum atomic E-state index is -0.900. The van der Waals surface area contributed by atoms with Crippen LogP contribution < -0.4 is 0 Å². The van der Waals surface area contributed by atoms with Crippen LogP contribution in [0.4, 0.5) is 0 Å². The Hall–Kier alpha value is -2.62. The van der Waals surface area contributed by atoms with Crippen molar-refractivity contribution < 1.29 is 19.8 Å². The second kappa shape index (κ2) is 10.2. The molecule has 0 aromatic heterocycles. The number of hydrogen-bond donors (Lipinski definition) is 2. The first-order valence-corrected chi connectivity index (χ1v) is 6.42. The highest BCUT2D eigenvalue weighted by Crippen LogP contribution is 2.02. The lowest BCUT2D eigenvalue weighted by Crippen LogP contribution is -1.95. The van der Waals surface area contributed by atoms with Crippen molar-refractivity contribution in [2.45, 2.75) is 20.3 Å². The quantitative estimate of drug-likeness (QED) is 0.639. The number of allylic oxidation sites excluding steroid dienone is 2. The van der Waals surface area contributed by atoms with E-state index in [0.717, 1.165) is 5.56 Å². The van der Waals surface area contributed by atoms with Crippen LogP contribution in [-0.4, -0.2) is 22.2 Å². The average Bonchev–Trinajstić information content (AvgIpc) is 2.47. The van der Waals surface area contributed by atoms with Gasteiger partial charge in [-0.15, -0.1) is 0 Å². The SMILES string of the molecule is C=C(CC)C(=O)O.CC(=CC=Cc1ccccc1)C(=O)O. The van der Waals surface area contributed by atoms with Crippen LogP contribution in [0, 0.1) is 0 Å². The Balaban J connectivity index is 0.000000486. The normalized spacial score (nSPS) is 10.7. The van der Waals surface area contributed by atoms with Gasteiger partial charge >= 0.3 is 11.9 Å². The molecule has 0 heterocycles. The Morgan fingerprint density at radius 1 is 1.14 bits per heavy atom. The van der Waals surface area contributed by atoms with Crippen molar-refractivity contribution in [2.24, 2.45) is 0 Å². The van der Waals surface area contributed by atoms with E-state index in [2.05, 4.69) is 6.58 Å². The van der Waals surface area contributed by atoms with E-state index in [1.54, 1.807) is 26.0 Å². The number of carboxylic acid groups (broad SMARTS) is 2. The summed E-state index contributed by atoms with van der Waals surface area (Å²) in [5, 5.41) is 16.7. The monoisotopic (exact) mass is 288 g/mol. The fourth-order valence-corrected chi connectivity index (χ4v) is 1.09. The highest BCUT2D eigenvalue weighted by molar-refractivity contribution is 5.86. The van der Waals surface area contributed by atoms with E-state index in [1.807, 2.05) is 36.4 Å². The summed E-state index contributed by atoms with van der Waals surface area (Å²) in [4.78, 5) is 20.3. The third-order valence-corrected chi connectivity index (χ3v) is 2.50. The summed E-state index contributed by atoms with van der Waals surface area (Å²) < 4.78 is 0. The van der Waals surface area contributed by atoms with Crippen LogP contribution in [0.15, 0.2) is 60.2 Å². The lowest BCUT2D eigenvalue weighted by Gasteiger charge is -1.90. The topological polar surface area (TPSA) is 74.6 Å². The van der Waals surface area contributed by atoms with Crippen LogP contribution in [0.2, 0.25) is 0 Å². The van der Waals surface area contributed by atoms with Crippen LogP contribution >= 0.6 is 0 Å². The molecule has 0 saturated carbocycles. The molecule has 0 atom stereocenters. The molecule has 0 unspecified atom stereocenters. The van der Waals surface area contributed by atoms with Gasteiger partial charge in [-0.05, 0) is 18.9 Å². The Bertz CT molecular complexity index is 539. The van der Waals surface area contributed by atoms with Gasteiger partial charge < -0.3 is 10.2 Å². The third kappa shape index (κ3) is 8.99. The average molecular weight is 288 g/mol. The fraction of sp³-hybridized carbons (Fsp3) is 0.176. The van der Waals surface area contributed by atoms with Gasteiger partial charge in [0.25, 0.3) is 0 Å². The molecular formula is C17H20O4. The van der Waals surface area contributed by atoms with E-state index in [0.29, 0.717) is 12.0 Å². The summed E-state index contributed by atoms with van der Waals surface area (Å²) in [6, 6.07) is 9.73. The molecule has 1 aromatic carbocycles. The van der Waals surface area contributed by atoms with Crippen molar-refractivity contribution in [1.29, 1.82) is 0 Å². The molecule has 1 aromatic rings. The molecule has 1 rings (SSSR count). The first-order valence-electron chi connectivity index (χ1n) is 6.42. The maximum atomic E-state index is 10.4. The maximum absolute atomic E-state index is 10.4. The number of carboxylic acids is 2. The fourth-order valence-electron chi connectivity index (χ4n) is 1.09. The van der Waals surface area contributed by atoms with Gasteiger partial charge in [0, 0.05) is 11.1 Å². The third-order valence-electron chi connectivity index (χ3n) is 2.50. The number of hydrogen-bond acceptors (Lipinski definition) is 2. The van der Waals surface area contributed by atoms with Crippen molar-refractivity contribution in [1.82, 2.24) is 0 Å².